The summed E-state index contributed by atoms with van der Waals surface area (Å²) in [7, 11) is 0. The van der Waals surface area contributed by atoms with Gasteiger partial charge in [0.1, 0.15) is 0 Å². The van der Waals surface area contributed by atoms with E-state index in [1.807, 2.05) is 18.3 Å². The van der Waals surface area contributed by atoms with Gasteiger partial charge in [0.2, 0.25) is 0 Å². The molecule has 0 atom stereocenters. The van der Waals surface area contributed by atoms with Crippen molar-refractivity contribution >= 4 is 31.5 Å². The lowest BCUT2D eigenvalue weighted by Crippen LogP contribution is -2.15. The molecule has 0 aliphatic heterocycles. The molecule has 6 aromatic carbocycles. The van der Waals surface area contributed by atoms with Gasteiger partial charge in [-0.2, -0.15) is 0 Å². The molecule has 0 spiro atoms. The first kappa shape index (κ1) is 30.5. The second-order valence-electron chi connectivity index (χ2n) is 13.9. The summed E-state index contributed by atoms with van der Waals surface area (Å²) in [5, 5.41) is 2.51. The van der Waals surface area contributed by atoms with Gasteiger partial charge in [-0.25, -0.2) is 15.0 Å². The molecule has 3 aromatic heterocycles. The minimum absolute atomic E-state index is 0.123. The summed E-state index contributed by atoms with van der Waals surface area (Å²) in [6.45, 7) is 4.61. The lowest BCUT2D eigenvalue weighted by Gasteiger charge is -2.22. The molecule has 10 rings (SSSR count). The molecule has 4 nitrogen and oxygen atoms in total. The maximum Gasteiger partial charge on any atom is 0.166 e. The zero-order valence-electron chi connectivity index (χ0n) is 28.7. The van der Waals surface area contributed by atoms with Gasteiger partial charge in [0.25, 0.3) is 0 Å². The van der Waals surface area contributed by atoms with Crippen LogP contribution in [0.15, 0.2) is 158 Å². The number of pyridine rings is 1. The maximum atomic E-state index is 5.19. The smallest absolute Gasteiger partial charge is 0.166 e. The fraction of sp³-hybridized carbons (Fsp3) is 0.0638. The molecular weight excluding hydrogens is 653 g/mol. The Balaban J connectivity index is 1.13. The maximum absolute atomic E-state index is 5.19. The summed E-state index contributed by atoms with van der Waals surface area (Å²) in [4.78, 5) is 20.4. The third-order valence-electron chi connectivity index (χ3n) is 10.4. The van der Waals surface area contributed by atoms with Gasteiger partial charge in [-0.1, -0.05) is 135 Å². The number of benzene rings is 6. The first-order valence-corrected chi connectivity index (χ1v) is 18.4. The van der Waals surface area contributed by atoms with E-state index in [-0.39, 0.29) is 5.41 Å². The molecule has 0 N–H and O–H groups in total. The van der Waals surface area contributed by atoms with Crippen LogP contribution in [0.25, 0.3) is 87.8 Å². The second-order valence-corrected chi connectivity index (χ2v) is 15.0. The van der Waals surface area contributed by atoms with E-state index in [4.69, 9.17) is 19.9 Å². The highest BCUT2D eigenvalue weighted by molar-refractivity contribution is 7.25. The number of nitrogens with zero attached hydrogens (tertiary/aromatic N) is 4. The fourth-order valence-corrected chi connectivity index (χ4v) is 8.87. The van der Waals surface area contributed by atoms with Crippen molar-refractivity contribution in [3.05, 3.63) is 169 Å². The molecule has 0 amide bonds. The summed E-state index contributed by atoms with van der Waals surface area (Å²) in [5.74, 6) is 1.85. The van der Waals surface area contributed by atoms with Gasteiger partial charge in [0, 0.05) is 54.0 Å². The number of hydrogen-bond acceptors (Lipinski definition) is 5. The first-order valence-electron chi connectivity index (χ1n) is 17.5. The molecule has 3 heterocycles. The number of rotatable bonds is 5. The molecule has 9 aromatic rings. The van der Waals surface area contributed by atoms with Crippen LogP contribution >= 0.6 is 11.3 Å². The van der Waals surface area contributed by atoms with Crippen molar-refractivity contribution in [3.8, 4) is 67.7 Å². The molecule has 1 aliphatic rings. The largest absolute Gasteiger partial charge is 0.255 e. The minimum atomic E-state index is -0.123. The molecule has 0 radical (unpaired) electrons. The minimum Gasteiger partial charge on any atom is -0.255 e. The summed E-state index contributed by atoms with van der Waals surface area (Å²) < 4.78 is 2.48. The van der Waals surface area contributed by atoms with Gasteiger partial charge in [-0.15, -0.1) is 11.3 Å². The van der Waals surface area contributed by atoms with Crippen LogP contribution in [0.4, 0.5) is 0 Å². The summed E-state index contributed by atoms with van der Waals surface area (Å²) in [6, 6.07) is 53.5. The molecular formula is C47H32N4S. The average molecular weight is 685 g/mol. The van der Waals surface area contributed by atoms with Crippen molar-refractivity contribution < 1.29 is 0 Å². The van der Waals surface area contributed by atoms with Gasteiger partial charge in [-0.05, 0) is 63.7 Å². The summed E-state index contributed by atoms with van der Waals surface area (Å²) in [6.07, 6.45) is 1.85. The zero-order valence-corrected chi connectivity index (χ0v) is 29.5. The van der Waals surface area contributed by atoms with E-state index < -0.39 is 0 Å². The number of thiophene rings is 1. The topological polar surface area (TPSA) is 51.6 Å². The number of fused-ring (bicyclic) bond motifs is 6. The molecule has 5 heteroatoms. The van der Waals surface area contributed by atoms with Gasteiger partial charge in [0.15, 0.2) is 17.5 Å². The van der Waals surface area contributed by atoms with Crippen molar-refractivity contribution in [1.29, 1.82) is 0 Å². The monoisotopic (exact) mass is 684 g/mol. The Kier molecular flexibility index (Phi) is 6.98. The number of hydrogen-bond donors (Lipinski definition) is 0. The second kappa shape index (κ2) is 11.9. The average Bonchev–Trinajstić information content (AvgIpc) is 3.69. The van der Waals surface area contributed by atoms with Crippen LogP contribution in [0, 0.1) is 0 Å². The Bertz CT molecular complexity index is 2820. The molecule has 52 heavy (non-hydrogen) atoms. The fourth-order valence-electron chi connectivity index (χ4n) is 7.73. The Morgan fingerprint density at radius 1 is 0.423 bits per heavy atom. The van der Waals surface area contributed by atoms with Crippen molar-refractivity contribution in [3.63, 3.8) is 0 Å². The quantitative estimate of drug-likeness (QED) is 0.181. The molecule has 0 saturated heterocycles. The Hall–Kier alpha value is -6.30. The zero-order chi connectivity index (χ0) is 34.8. The first-order chi connectivity index (χ1) is 25.5. The molecule has 246 valence electrons. The molecule has 0 saturated carbocycles. The van der Waals surface area contributed by atoms with Crippen molar-refractivity contribution in [2.24, 2.45) is 0 Å². The third kappa shape index (κ3) is 4.96. The van der Waals surface area contributed by atoms with Gasteiger partial charge >= 0.3 is 0 Å². The van der Waals surface area contributed by atoms with E-state index >= 15 is 0 Å². The van der Waals surface area contributed by atoms with E-state index in [9.17, 15) is 0 Å². The van der Waals surface area contributed by atoms with Crippen LogP contribution in [-0.2, 0) is 5.41 Å². The van der Waals surface area contributed by atoms with E-state index in [1.165, 1.54) is 48.0 Å². The highest BCUT2D eigenvalue weighted by Gasteiger charge is 2.35. The molecule has 0 unspecified atom stereocenters. The van der Waals surface area contributed by atoms with Crippen LogP contribution in [-0.4, -0.2) is 19.9 Å². The van der Waals surface area contributed by atoms with Crippen molar-refractivity contribution in [2.45, 2.75) is 19.3 Å². The van der Waals surface area contributed by atoms with Crippen LogP contribution in [0.1, 0.15) is 25.0 Å². The standard InChI is InChI=1S/C47H32N4S/c1-47(2)39-16-8-6-13-34(39)35-24-22-32(27-40(35)47)43-38(15-10-26-48-43)46-50-44(31-20-18-30(19-21-31)29-11-4-3-5-12-29)49-45(51-46)33-23-25-37-36-14-7-9-17-41(36)52-42(37)28-33/h3-28H,1-2H3. The SMILES string of the molecule is CC1(C)c2ccccc2-c2ccc(-c3ncccc3-c3nc(-c4ccc(-c5ccccc5)cc4)nc(-c4ccc5c(c4)sc4ccccc45)n3)cc21. The van der Waals surface area contributed by atoms with Crippen LogP contribution in [0.2, 0.25) is 0 Å². The Labute approximate surface area is 306 Å². The number of aromatic nitrogens is 4. The summed E-state index contributed by atoms with van der Waals surface area (Å²) in [5.41, 5.74) is 12.1. The molecule has 0 bridgehead atoms. The predicted octanol–water partition coefficient (Wildman–Crippen LogP) is 12.3. The highest BCUT2D eigenvalue weighted by Crippen LogP contribution is 2.49. The van der Waals surface area contributed by atoms with Crippen LogP contribution in [0.3, 0.4) is 0 Å². The molecule has 0 fully saturated rings. The van der Waals surface area contributed by atoms with E-state index in [0.717, 1.165) is 33.5 Å². The van der Waals surface area contributed by atoms with Crippen molar-refractivity contribution in [2.75, 3.05) is 0 Å². The summed E-state index contributed by atoms with van der Waals surface area (Å²) >= 11 is 1.79. The van der Waals surface area contributed by atoms with Crippen molar-refractivity contribution in [1.82, 2.24) is 19.9 Å². The lowest BCUT2D eigenvalue weighted by molar-refractivity contribution is 0.660. The highest BCUT2D eigenvalue weighted by atomic mass is 32.1. The lowest BCUT2D eigenvalue weighted by atomic mass is 9.81. The third-order valence-corrected chi connectivity index (χ3v) is 11.6. The van der Waals surface area contributed by atoms with Crippen LogP contribution < -0.4 is 0 Å². The van der Waals surface area contributed by atoms with E-state index in [0.29, 0.717) is 17.5 Å². The Morgan fingerprint density at radius 3 is 1.90 bits per heavy atom. The van der Waals surface area contributed by atoms with Gasteiger partial charge in [-0.3, -0.25) is 4.98 Å². The Morgan fingerprint density at radius 2 is 1.04 bits per heavy atom. The predicted molar refractivity (Wildman–Crippen MR) is 215 cm³/mol. The van der Waals surface area contributed by atoms with E-state index in [2.05, 4.69) is 153 Å². The van der Waals surface area contributed by atoms with E-state index in [1.54, 1.807) is 11.3 Å². The van der Waals surface area contributed by atoms with Gasteiger partial charge < -0.3 is 0 Å². The molecule has 1 aliphatic carbocycles. The normalized spacial score (nSPS) is 13.0. The van der Waals surface area contributed by atoms with Gasteiger partial charge in [0.05, 0.1) is 5.69 Å². The van der Waals surface area contributed by atoms with Crippen LogP contribution in [0.5, 0.6) is 0 Å².